The van der Waals surface area contributed by atoms with Crippen molar-refractivity contribution in [2.45, 2.75) is 24.9 Å². The van der Waals surface area contributed by atoms with Gasteiger partial charge in [0.15, 0.2) is 6.61 Å². The Morgan fingerprint density at radius 1 is 1.14 bits per heavy atom. The van der Waals surface area contributed by atoms with Crippen molar-refractivity contribution in [3.8, 4) is 5.75 Å². The van der Waals surface area contributed by atoms with Crippen LogP contribution < -0.4 is 4.74 Å². The summed E-state index contributed by atoms with van der Waals surface area (Å²) in [7, 11) is 0. The van der Waals surface area contributed by atoms with E-state index in [0.29, 0.717) is 0 Å². The Morgan fingerprint density at radius 3 is 2.14 bits per heavy atom. The van der Waals surface area contributed by atoms with Gasteiger partial charge in [-0.25, -0.2) is 0 Å². The number of hydrogen-bond donors (Lipinski definition) is 0. The van der Waals surface area contributed by atoms with Crippen LogP contribution in [0.5, 0.6) is 5.75 Å². The van der Waals surface area contributed by atoms with Crippen molar-refractivity contribution in [3.63, 3.8) is 0 Å². The Morgan fingerprint density at radius 2 is 1.68 bits per heavy atom. The minimum atomic E-state index is -6.46. The van der Waals surface area contributed by atoms with Crippen LogP contribution in [0.3, 0.4) is 0 Å². The zero-order valence-electron chi connectivity index (χ0n) is 10.8. The molecule has 1 aromatic rings. The van der Waals surface area contributed by atoms with E-state index in [1.807, 2.05) is 0 Å². The summed E-state index contributed by atoms with van der Waals surface area (Å²) in [6, 6.07) is 2.94. The maximum Gasteiger partial charge on any atom is 0.460 e. The maximum absolute atomic E-state index is 13.0. The number of hydrogen-bond acceptors (Lipinski definition) is 3. The Balaban J connectivity index is 3.00. The third-order valence-corrected chi connectivity index (χ3v) is 2.68. The van der Waals surface area contributed by atoms with Crippen LogP contribution in [-0.2, 0) is 0 Å². The third kappa shape index (κ3) is 3.22. The van der Waals surface area contributed by atoms with Gasteiger partial charge in [-0.05, 0) is 13.0 Å². The molecule has 0 bridgehead atoms. The molecule has 124 valence electrons. The van der Waals surface area contributed by atoms with Gasteiger partial charge >= 0.3 is 18.0 Å². The summed E-state index contributed by atoms with van der Waals surface area (Å²) in [6.07, 6.45) is -6.46. The second-order valence-electron chi connectivity index (χ2n) is 4.22. The molecule has 0 atom stereocenters. The number of alkyl halides is 7. The molecule has 0 aliphatic carbocycles. The van der Waals surface area contributed by atoms with Gasteiger partial charge in [0, 0.05) is 6.07 Å². The van der Waals surface area contributed by atoms with E-state index in [2.05, 4.69) is 4.74 Å². The highest BCUT2D eigenvalue weighted by Gasteiger charge is 2.73. The van der Waals surface area contributed by atoms with Crippen molar-refractivity contribution in [2.75, 3.05) is 6.61 Å². The number of rotatable bonds is 5. The Kier molecular flexibility index (Phi) is 4.59. The average molecular weight is 335 g/mol. The molecule has 0 unspecified atom stereocenters. The predicted molar refractivity (Wildman–Crippen MR) is 59.3 cm³/mol. The summed E-state index contributed by atoms with van der Waals surface area (Å²) in [5.74, 6) is -12.4. The molecule has 0 radical (unpaired) electrons. The number of halogens is 7. The van der Waals surface area contributed by atoms with Crippen LogP contribution in [0, 0.1) is 17.0 Å². The lowest BCUT2D eigenvalue weighted by Crippen LogP contribution is -2.54. The number of nitrogens with zero attached hydrogens (tertiary/aromatic N) is 1. The SMILES string of the molecule is Cc1c(OCC(F)(F)C(F)(F)C(F)(F)F)cccc1[N+](=O)[O-]. The molecule has 0 saturated carbocycles. The molecule has 0 heterocycles. The summed E-state index contributed by atoms with van der Waals surface area (Å²) in [5.41, 5.74) is -0.831. The lowest BCUT2D eigenvalue weighted by Gasteiger charge is -2.28. The first kappa shape index (κ1) is 18.0. The van der Waals surface area contributed by atoms with Crippen LogP contribution in [-0.4, -0.2) is 29.6 Å². The molecule has 0 aromatic heterocycles. The third-order valence-electron chi connectivity index (χ3n) is 2.68. The molecule has 4 nitrogen and oxygen atoms in total. The van der Waals surface area contributed by atoms with E-state index in [1.165, 1.54) is 0 Å². The van der Waals surface area contributed by atoms with Crippen LogP contribution >= 0.6 is 0 Å². The van der Waals surface area contributed by atoms with Gasteiger partial charge in [-0.2, -0.15) is 30.7 Å². The molecule has 0 spiro atoms. The molecule has 0 aliphatic heterocycles. The molecule has 1 rings (SSSR count). The largest absolute Gasteiger partial charge is 0.487 e. The minimum absolute atomic E-state index is 0.279. The Bertz CT molecular complexity index is 571. The topological polar surface area (TPSA) is 52.4 Å². The van der Waals surface area contributed by atoms with Crippen molar-refractivity contribution in [1.29, 1.82) is 0 Å². The van der Waals surface area contributed by atoms with Gasteiger partial charge in [-0.15, -0.1) is 0 Å². The molecule has 0 aliphatic rings. The van der Waals surface area contributed by atoms with E-state index in [1.54, 1.807) is 0 Å². The summed E-state index contributed by atoms with van der Waals surface area (Å²) in [5, 5.41) is 10.6. The van der Waals surface area contributed by atoms with E-state index in [4.69, 9.17) is 0 Å². The van der Waals surface area contributed by atoms with E-state index < -0.39 is 41.0 Å². The van der Waals surface area contributed by atoms with Gasteiger partial charge in [0.2, 0.25) is 0 Å². The van der Waals surface area contributed by atoms with E-state index in [9.17, 15) is 40.8 Å². The quantitative estimate of drug-likeness (QED) is 0.462. The predicted octanol–water partition coefficient (Wildman–Crippen LogP) is 4.11. The zero-order chi connectivity index (χ0) is 17.3. The van der Waals surface area contributed by atoms with Gasteiger partial charge in [0.25, 0.3) is 5.69 Å². The lowest BCUT2D eigenvalue weighted by molar-refractivity contribution is -0.385. The smallest absolute Gasteiger partial charge is 0.460 e. The number of nitro benzene ring substituents is 1. The molecule has 0 saturated heterocycles. The van der Waals surface area contributed by atoms with Crippen LogP contribution in [0.15, 0.2) is 18.2 Å². The molecular formula is C11H8F7NO3. The molecule has 0 amide bonds. The van der Waals surface area contributed by atoms with E-state index in [-0.39, 0.29) is 5.56 Å². The molecule has 0 fully saturated rings. The monoisotopic (exact) mass is 335 g/mol. The van der Waals surface area contributed by atoms with Gasteiger partial charge < -0.3 is 4.74 Å². The highest BCUT2D eigenvalue weighted by atomic mass is 19.4. The molecule has 0 N–H and O–H groups in total. The van der Waals surface area contributed by atoms with Crippen molar-refractivity contribution in [3.05, 3.63) is 33.9 Å². The first-order chi connectivity index (χ1) is 9.81. The summed E-state index contributed by atoms with van der Waals surface area (Å²) in [6.45, 7) is -1.21. The lowest BCUT2D eigenvalue weighted by atomic mass is 10.1. The van der Waals surface area contributed by atoms with Gasteiger partial charge in [0.1, 0.15) is 5.75 Å². The first-order valence-electron chi connectivity index (χ1n) is 5.50. The van der Waals surface area contributed by atoms with Crippen molar-refractivity contribution in [2.24, 2.45) is 0 Å². The average Bonchev–Trinajstić information content (AvgIpc) is 2.35. The molecular weight excluding hydrogens is 327 g/mol. The zero-order valence-corrected chi connectivity index (χ0v) is 10.8. The highest BCUT2D eigenvalue weighted by Crippen LogP contribution is 2.46. The van der Waals surface area contributed by atoms with Crippen molar-refractivity contribution >= 4 is 5.69 Å². The summed E-state index contributed by atoms with van der Waals surface area (Å²) in [4.78, 5) is 9.71. The Labute approximate surface area is 118 Å². The van der Waals surface area contributed by atoms with E-state index >= 15 is 0 Å². The Hall–Kier alpha value is -2.07. The molecule has 11 heteroatoms. The summed E-state index contributed by atoms with van der Waals surface area (Å²) < 4.78 is 91.4. The van der Waals surface area contributed by atoms with Crippen LogP contribution in [0.4, 0.5) is 36.4 Å². The summed E-state index contributed by atoms with van der Waals surface area (Å²) >= 11 is 0. The van der Waals surface area contributed by atoms with Crippen molar-refractivity contribution < 1.29 is 40.4 Å². The molecule has 1 aromatic carbocycles. The van der Waals surface area contributed by atoms with Crippen LogP contribution in [0.2, 0.25) is 0 Å². The second-order valence-corrected chi connectivity index (χ2v) is 4.22. The van der Waals surface area contributed by atoms with E-state index in [0.717, 1.165) is 25.1 Å². The second kappa shape index (κ2) is 5.61. The fourth-order valence-electron chi connectivity index (χ4n) is 1.42. The highest BCUT2D eigenvalue weighted by molar-refractivity contribution is 5.48. The number of nitro groups is 1. The van der Waals surface area contributed by atoms with Gasteiger partial charge in [0.05, 0.1) is 10.5 Å². The standard InChI is InChI=1S/C11H8F7NO3/c1-6-7(19(20)21)3-2-4-8(6)22-5-9(12,13)10(14,15)11(16,17)18/h2-4H,5H2,1H3. The minimum Gasteiger partial charge on any atom is -0.487 e. The first-order valence-corrected chi connectivity index (χ1v) is 5.50. The number of benzene rings is 1. The van der Waals surface area contributed by atoms with Crippen LogP contribution in [0.1, 0.15) is 5.56 Å². The van der Waals surface area contributed by atoms with Gasteiger partial charge in [-0.1, -0.05) is 6.07 Å². The van der Waals surface area contributed by atoms with Crippen molar-refractivity contribution in [1.82, 2.24) is 0 Å². The normalized spacial score (nSPS) is 13.1. The van der Waals surface area contributed by atoms with Gasteiger partial charge in [-0.3, -0.25) is 10.1 Å². The maximum atomic E-state index is 13.0. The fourth-order valence-corrected chi connectivity index (χ4v) is 1.42. The van der Waals surface area contributed by atoms with Crippen LogP contribution in [0.25, 0.3) is 0 Å². The number of ether oxygens (including phenoxy) is 1. The fraction of sp³-hybridized carbons (Fsp3) is 0.455. The molecule has 22 heavy (non-hydrogen) atoms.